The maximum absolute atomic E-state index is 5.80. The molecule has 0 fully saturated rings. The Bertz CT molecular complexity index is 225. The molecule has 1 aromatic rings. The Kier molecular flexibility index (Phi) is 3.17. The molecule has 0 aliphatic rings. The van der Waals surface area contributed by atoms with Gasteiger partial charge in [-0.15, -0.1) is 0 Å². The van der Waals surface area contributed by atoms with Crippen LogP contribution in [0, 0.1) is 3.57 Å². The summed E-state index contributed by atoms with van der Waals surface area (Å²) in [5.41, 5.74) is 8.03. The monoisotopic (exact) mass is 261 g/mol. The molecule has 0 aliphatic carbocycles. The molecule has 0 aromatic heterocycles. The standard InChI is InChI=1S/C9H12IN/c1-2-4-7-8(10)5-3-6-9(7)11/h3,5-6H,2,4,11H2,1H3. The average molecular weight is 261 g/mol. The highest BCUT2D eigenvalue weighted by atomic mass is 127. The van der Waals surface area contributed by atoms with E-state index in [1.165, 1.54) is 9.13 Å². The largest absolute Gasteiger partial charge is 0.398 e. The Hall–Kier alpha value is -0.250. The molecule has 0 atom stereocenters. The molecule has 0 aliphatic heterocycles. The number of nitrogens with two attached hydrogens (primary N) is 1. The summed E-state index contributed by atoms with van der Waals surface area (Å²) in [6, 6.07) is 6.06. The minimum absolute atomic E-state index is 0.929. The van der Waals surface area contributed by atoms with Crippen LogP contribution >= 0.6 is 22.6 Å². The Labute approximate surface area is 81.1 Å². The van der Waals surface area contributed by atoms with Crippen LogP contribution in [-0.2, 0) is 6.42 Å². The third-order valence-corrected chi connectivity index (χ3v) is 2.67. The molecule has 0 bridgehead atoms. The van der Waals surface area contributed by atoms with Crippen molar-refractivity contribution in [2.75, 3.05) is 5.73 Å². The third kappa shape index (κ3) is 2.09. The average Bonchev–Trinajstić information content (AvgIpc) is 1.97. The number of rotatable bonds is 2. The second-order valence-corrected chi connectivity index (χ2v) is 3.72. The molecule has 2 heteroatoms. The van der Waals surface area contributed by atoms with Crippen molar-refractivity contribution < 1.29 is 0 Å². The van der Waals surface area contributed by atoms with Crippen LogP contribution in [0.15, 0.2) is 18.2 Å². The molecule has 0 spiro atoms. The van der Waals surface area contributed by atoms with Gasteiger partial charge in [0.05, 0.1) is 0 Å². The number of hydrogen-bond acceptors (Lipinski definition) is 1. The third-order valence-electron chi connectivity index (χ3n) is 1.66. The van der Waals surface area contributed by atoms with Crippen molar-refractivity contribution in [1.82, 2.24) is 0 Å². The number of nitrogen functional groups attached to an aromatic ring is 1. The first-order valence-corrected chi connectivity index (χ1v) is 4.86. The van der Waals surface area contributed by atoms with Crippen molar-refractivity contribution in [1.29, 1.82) is 0 Å². The summed E-state index contributed by atoms with van der Waals surface area (Å²) in [5, 5.41) is 0. The topological polar surface area (TPSA) is 26.0 Å². The van der Waals surface area contributed by atoms with Gasteiger partial charge in [0.1, 0.15) is 0 Å². The molecule has 0 heterocycles. The van der Waals surface area contributed by atoms with Crippen LogP contribution in [0.3, 0.4) is 0 Å². The first-order valence-electron chi connectivity index (χ1n) is 3.78. The van der Waals surface area contributed by atoms with Gasteiger partial charge in [0.2, 0.25) is 0 Å². The fraction of sp³-hybridized carbons (Fsp3) is 0.333. The summed E-state index contributed by atoms with van der Waals surface area (Å²) in [6.45, 7) is 2.17. The molecule has 1 aromatic carbocycles. The van der Waals surface area contributed by atoms with Gasteiger partial charge in [-0.2, -0.15) is 0 Å². The lowest BCUT2D eigenvalue weighted by Gasteiger charge is -2.05. The normalized spacial score (nSPS) is 10.0. The SMILES string of the molecule is CCCc1c(N)cccc1I. The molecular weight excluding hydrogens is 249 g/mol. The van der Waals surface area contributed by atoms with E-state index >= 15 is 0 Å². The molecule has 60 valence electrons. The first-order chi connectivity index (χ1) is 5.25. The minimum Gasteiger partial charge on any atom is -0.398 e. The van der Waals surface area contributed by atoms with Crippen molar-refractivity contribution in [2.45, 2.75) is 19.8 Å². The second-order valence-electron chi connectivity index (χ2n) is 2.56. The fourth-order valence-corrected chi connectivity index (χ4v) is 1.88. The maximum atomic E-state index is 5.80. The predicted molar refractivity (Wildman–Crippen MR) is 57.6 cm³/mol. The lowest BCUT2D eigenvalue weighted by Crippen LogP contribution is -1.96. The van der Waals surface area contributed by atoms with Crippen molar-refractivity contribution in [3.8, 4) is 0 Å². The highest BCUT2D eigenvalue weighted by Crippen LogP contribution is 2.20. The van der Waals surface area contributed by atoms with E-state index in [1.807, 2.05) is 12.1 Å². The number of hydrogen-bond donors (Lipinski definition) is 1. The van der Waals surface area contributed by atoms with Gasteiger partial charge >= 0.3 is 0 Å². The molecule has 1 nitrogen and oxygen atoms in total. The molecule has 11 heavy (non-hydrogen) atoms. The van der Waals surface area contributed by atoms with Crippen LogP contribution in [-0.4, -0.2) is 0 Å². The van der Waals surface area contributed by atoms with Crippen molar-refractivity contribution in [3.63, 3.8) is 0 Å². The first kappa shape index (κ1) is 8.84. The van der Waals surface area contributed by atoms with Crippen LogP contribution in [0.4, 0.5) is 5.69 Å². The van der Waals surface area contributed by atoms with Crippen molar-refractivity contribution in [3.05, 3.63) is 27.3 Å². The van der Waals surface area contributed by atoms with E-state index in [0.717, 1.165) is 18.5 Å². The molecular formula is C9H12IN. The number of benzene rings is 1. The van der Waals surface area contributed by atoms with Crippen LogP contribution in [0.2, 0.25) is 0 Å². The van der Waals surface area contributed by atoms with E-state index in [2.05, 4.69) is 35.6 Å². The molecule has 0 unspecified atom stereocenters. The zero-order valence-electron chi connectivity index (χ0n) is 6.60. The van der Waals surface area contributed by atoms with Gasteiger partial charge in [-0.25, -0.2) is 0 Å². The van der Waals surface area contributed by atoms with E-state index in [4.69, 9.17) is 5.73 Å². The molecule has 0 saturated heterocycles. The van der Waals surface area contributed by atoms with Gasteiger partial charge in [-0.3, -0.25) is 0 Å². The number of anilines is 1. The van der Waals surface area contributed by atoms with Crippen LogP contribution < -0.4 is 5.73 Å². The Balaban J connectivity index is 3.00. The quantitative estimate of drug-likeness (QED) is 0.643. The van der Waals surface area contributed by atoms with Crippen molar-refractivity contribution >= 4 is 28.3 Å². The second kappa shape index (κ2) is 3.95. The van der Waals surface area contributed by atoms with Gasteiger partial charge < -0.3 is 5.73 Å². The molecule has 0 saturated carbocycles. The highest BCUT2D eigenvalue weighted by Gasteiger charge is 2.00. The summed E-state index contributed by atoms with van der Waals surface area (Å²) in [5.74, 6) is 0. The maximum Gasteiger partial charge on any atom is 0.0357 e. The summed E-state index contributed by atoms with van der Waals surface area (Å²) in [4.78, 5) is 0. The van der Waals surface area contributed by atoms with Gasteiger partial charge in [0.15, 0.2) is 0 Å². The van der Waals surface area contributed by atoms with E-state index < -0.39 is 0 Å². The lowest BCUT2D eigenvalue weighted by atomic mass is 10.1. The van der Waals surface area contributed by atoms with Gasteiger partial charge in [0, 0.05) is 9.26 Å². The van der Waals surface area contributed by atoms with E-state index in [1.54, 1.807) is 0 Å². The van der Waals surface area contributed by atoms with E-state index in [0.29, 0.717) is 0 Å². The summed E-state index contributed by atoms with van der Waals surface area (Å²) < 4.78 is 1.28. The number of halogens is 1. The summed E-state index contributed by atoms with van der Waals surface area (Å²) >= 11 is 2.33. The van der Waals surface area contributed by atoms with Crippen LogP contribution in [0.5, 0.6) is 0 Å². The zero-order chi connectivity index (χ0) is 8.27. The minimum atomic E-state index is 0.929. The summed E-state index contributed by atoms with van der Waals surface area (Å²) in [6.07, 6.45) is 2.25. The highest BCUT2D eigenvalue weighted by molar-refractivity contribution is 14.1. The van der Waals surface area contributed by atoms with Crippen LogP contribution in [0.1, 0.15) is 18.9 Å². The Morgan fingerprint density at radius 1 is 1.45 bits per heavy atom. The predicted octanol–water partition coefficient (Wildman–Crippen LogP) is 2.83. The Morgan fingerprint density at radius 2 is 2.18 bits per heavy atom. The smallest absolute Gasteiger partial charge is 0.0357 e. The lowest BCUT2D eigenvalue weighted by molar-refractivity contribution is 0.919. The van der Waals surface area contributed by atoms with Gasteiger partial charge in [0.25, 0.3) is 0 Å². The zero-order valence-corrected chi connectivity index (χ0v) is 8.76. The van der Waals surface area contributed by atoms with E-state index in [9.17, 15) is 0 Å². The fourth-order valence-electron chi connectivity index (χ4n) is 1.09. The molecule has 0 radical (unpaired) electrons. The summed E-state index contributed by atoms with van der Waals surface area (Å²) in [7, 11) is 0. The molecule has 1 rings (SSSR count). The van der Waals surface area contributed by atoms with Crippen LogP contribution in [0.25, 0.3) is 0 Å². The molecule has 0 amide bonds. The van der Waals surface area contributed by atoms with E-state index in [-0.39, 0.29) is 0 Å². The van der Waals surface area contributed by atoms with Gasteiger partial charge in [-0.1, -0.05) is 19.4 Å². The Morgan fingerprint density at radius 3 is 2.73 bits per heavy atom. The molecule has 2 N–H and O–H groups in total. The van der Waals surface area contributed by atoms with Gasteiger partial charge in [-0.05, 0) is 46.7 Å². The van der Waals surface area contributed by atoms with Crippen molar-refractivity contribution in [2.24, 2.45) is 0 Å².